The van der Waals surface area contributed by atoms with Crippen LogP contribution in [0.2, 0.25) is 0 Å². The minimum absolute atomic E-state index is 0.365. The van der Waals surface area contributed by atoms with E-state index in [1.807, 2.05) is 12.1 Å². The maximum Gasteiger partial charge on any atom is 0.248 e. The monoisotopic (exact) mass is 292 g/mol. The van der Waals surface area contributed by atoms with Crippen molar-refractivity contribution in [1.29, 1.82) is 0 Å². The van der Waals surface area contributed by atoms with E-state index in [2.05, 4.69) is 24.0 Å². The quantitative estimate of drug-likeness (QED) is 0.847. The molecule has 1 fully saturated rings. The highest BCUT2D eigenvalue weighted by atomic mass is 32.2. The average molecular weight is 292 g/mol. The molecule has 0 spiro atoms. The standard InChI is InChI=1S/C16H24N2OS/c1-2-20-15-6-4-3-5-14(15)18-11-12-7-9-13(10-8-12)16(17)19/h7-10,14-15,18H,2-6,11H2,1H3,(H2,17,19). The van der Waals surface area contributed by atoms with Crippen molar-refractivity contribution in [3.8, 4) is 0 Å². The van der Waals surface area contributed by atoms with Crippen LogP contribution in [-0.4, -0.2) is 23.0 Å². The van der Waals surface area contributed by atoms with Crippen LogP contribution in [0, 0.1) is 0 Å². The van der Waals surface area contributed by atoms with Gasteiger partial charge in [0, 0.05) is 23.4 Å². The first-order valence-corrected chi connectivity index (χ1v) is 8.49. The molecule has 0 saturated heterocycles. The minimum atomic E-state index is -0.365. The van der Waals surface area contributed by atoms with Gasteiger partial charge < -0.3 is 11.1 Å². The van der Waals surface area contributed by atoms with Gasteiger partial charge in [-0.25, -0.2) is 0 Å². The van der Waals surface area contributed by atoms with E-state index in [0.29, 0.717) is 11.6 Å². The van der Waals surface area contributed by atoms with Crippen LogP contribution in [0.15, 0.2) is 24.3 Å². The normalized spacial score (nSPS) is 22.6. The molecular formula is C16H24N2OS. The second-order valence-electron chi connectivity index (χ2n) is 5.33. The third-order valence-corrected chi connectivity index (χ3v) is 5.22. The van der Waals surface area contributed by atoms with Crippen molar-refractivity contribution in [3.05, 3.63) is 35.4 Å². The van der Waals surface area contributed by atoms with Crippen LogP contribution in [-0.2, 0) is 6.54 Å². The molecule has 2 atom stereocenters. The van der Waals surface area contributed by atoms with Crippen molar-refractivity contribution >= 4 is 17.7 Å². The van der Waals surface area contributed by atoms with Gasteiger partial charge in [-0.15, -0.1) is 0 Å². The van der Waals surface area contributed by atoms with E-state index in [-0.39, 0.29) is 5.91 Å². The summed E-state index contributed by atoms with van der Waals surface area (Å²) < 4.78 is 0. The Kier molecular flexibility index (Phi) is 5.92. The lowest BCUT2D eigenvalue weighted by Crippen LogP contribution is -2.40. The molecule has 1 saturated carbocycles. The molecule has 4 heteroatoms. The maximum absolute atomic E-state index is 11.0. The first kappa shape index (κ1) is 15.4. The number of nitrogens with two attached hydrogens (primary N) is 1. The molecule has 1 aliphatic rings. The topological polar surface area (TPSA) is 55.1 Å². The van der Waals surface area contributed by atoms with Gasteiger partial charge in [-0.2, -0.15) is 11.8 Å². The largest absolute Gasteiger partial charge is 0.366 e. The van der Waals surface area contributed by atoms with Crippen molar-refractivity contribution in [2.45, 2.75) is 50.4 Å². The lowest BCUT2D eigenvalue weighted by atomic mass is 9.94. The second-order valence-corrected chi connectivity index (χ2v) is 6.84. The van der Waals surface area contributed by atoms with Crippen molar-refractivity contribution in [2.24, 2.45) is 5.73 Å². The molecule has 2 rings (SSSR count). The van der Waals surface area contributed by atoms with Crippen LogP contribution in [0.3, 0.4) is 0 Å². The fraction of sp³-hybridized carbons (Fsp3) is 0.562. The van der Waals surface area contributed by atoms with Crippen molar-refractivity contribution in [3.63, 3.8) is 0 Å². The second kappa shape index (κ2) is 7.70. The van der Waals surface area contributed by atoms with Gasteiger partial charge in [-0.1, -0.05) is 31.9 Å². The van der Waals surface area contributed by atoms with Gasteiger partial charge in [0.1, 0.15) is 0 Å². The number of hydrogen-bond donors (Lipinski definition) is 2. The number of carbonyl (C=O) groups is 1. The highest BCUT2D eigenvalue weighted by Gasteiger charge is 2.24. The van der Waals surface area contributed by atoms with Gasteiger partial charge in [0.25, 0.3) is 0 Å². The highest BCUT2D eigenvalue weighted by molar-refractivity contribution is 7.99. The molecule has 1 aromatic rings. The maximum atomic E-state index is 11.0. The Morgan fingerprint density at radius 3 is 2.65 bits per heavy atom. The molecule has 20 heavy (non-hydrogen) atoms. The third kappa shape index (κ3) is 4.25. The van der Waals surface area contributed by atoms with Gasteiger partial charge in [-0.3, -0.25) is 4.79 Å². The van der Waals surface area contributed by atoms with Crippen molar-refractivity contribution in [2.75, 3.05) is 5.75 Å². The van der Waals surface area contributed by atoms with Crippen LogP contribution >= 0.6 is 11.8 Å². The molecule has 0 radical (unpaired) electrons. The molecule has 1 aliphatic carbocycles. The molecule has 3 N–H and O–H groups in total. The summed E-state index contributed by atoms with van der Waals surface area (Å²) in [6.07, 6.45) is 5.30. The van der Waals surface area contributed by atoms with Crippen LogP contribution < -0.4 is 11.1 Å². The number of amides is 1. The summed E-state index contributed by atoms with van der Waals surface area (Å²) in [5.74, 6) is 0.826. The number of hydrogen-bond acceptors (Lipinski definition) is 3. The zero-order valence-electron chi connectivity index (χ0n) is 12.1. The lowest BCUT2D eigenvalue weighted by Gasteiger charge is -2.31. The van der Waals surface area contributed by atoms with Gasteiger partial charge in [0.05, 0.1) is 0 Å². The molecule has 2 unspecified atom stereocenters. The van der Waals surface area contributed by atoms with E-state index in [1.54, 1.807) is 12.1 Å². The lowest BCUT2D eigenvalue weighted by molar-refractivity contribution is 0.100. The number of thioether (sulfide) groups is 1. The van der Waals surface area contributed by atoms with Crippen molar-refractivity contribution in [1.82, 2.24) is 5.32 Å². The SMILES string of the molecule is CCSC1CCCCC1NCc1ccc(C(N)=O)cc1. The Hall–Kier alpha value is -1.00. The van der Waals surface area contributed by atoms with Crippen LogP contribution in [0.25, 0.3) is 0 Å². The van der Waals surface area contributed by atoms with E-state index in [1.165, 1.54) is 37.0 Å². The number of nitrogens with one attached hydrogen (secondary N) is 1. The molecule has 0 heterocycles. The molecule has 1 amide bonds. The van der Waals surface area contributed by atoms with E-state index in [9.17, 15) is 4.79 Å². The zero-order valence-corrected chi connectivity index (χ0v) is 12.9. The van der Waals surface area contributed by atoms with Crippen LogP contribution in [0.1, 0.15) is 48.5 Å². The summed E-state index contributed by atoms with van der Waals surface area (Å²) in [4.78, 5) is 11.0. The summed E-state index contributed by atoms with van der Waals surface area (Å²) in [5.41, 5.74) is 7.03. The Morgan fingerprint density at radius 1 is 1.30 bits per heavy atom. The smallest absolute Gasteiger partial charge is 0.248 e. The summed E-state index contributed by atoms with van der Waals surface area (Å²) >= 11 is 2.08. The van der Waals surface area contributed by atoms with E-state index in [4.69, 9.17) is 5.73 Å². The molecule has 3 nitrogen and oxygen atoms in total. The number of primary amides is 1. The summed E-state index contributed by atoms with van der Waals surface area (Å²) in [5, 5.41) is 4.43. The summed E-state index contributed by atoms with van der Waals surface area (Å²) in [7, 11) is 0. The Bertz CT molecular complexity index is 431. The van der Waals surface area contributed by atoms with Gasteiger partial charge in [0.15, 0.2) is 0 Å². The Morgan fingerprint density at radius 2 is 2.00 bits per heavy atom. The zero-order chi connectivity index (χ0) is 14.4. The molecule has 0 aliphatic heterocycles. The van der Waals surface area contributed by atoms with E-state index >= 15 is 0 Å². The molecule has 0 bridgehead atoms. The molecule has 110 valence electrons. The number of benzene rings is 1. The summed E-state index contributed by atoms with van der Waals surface area (Å²) in [6.45, 7) is 3.10. The Labute approximate surface area is 125 Å². The first-order valence-electron chi connectivity index (χ1n) is 7.44. The van der Waals surface area contributed by atoms with Gasteiger partial charge >= 0.3 is 0 Å². The fourth-order valence-electron chi connectivity index (χ4n) is 2.78. The predicted octanol–water partition coefficient (Wildman–Crippen LogP) is 2.94. The Balaban J connectivity index is 1.88. The van der Waals surface area contributed by atoms with Gasteiger partial charge in [-0.05, 0) is 36.3 Å². The van der Waals surface area contributed by atoms with Crippen molar-refractivity contribution < 1.29 is 4.79 Å². The number of carbonyl (C=O) groups excluding carboxylic acids is 1. The average Bonchev–Trinajstić information content (AvgIpc) is 2.47. The predicted molar refractivity (Wildman–Crippen MR) is 86.0 cm³/mol. The van der Waals surface area contributed by atoms with Crippen LogP contribution in [0.5, 0.6) is 0 Å². The number of rotatable bonds is 6. The minimum Gasteiger partial charge on any atom is -0.366 e. The van der Waals surface area contributed by atoms with E-state index < -0.39 is 0 Å². The fourth-order valence-corrected chi connectivity index (χ4v) is 4.01. The van der Waals surface area contributed by atoms with E-state index in [0.717, 1.165) is 11.8 Å². The molecule has 1 aromatic carbocycles. The highest BCUT2D eigenvalue weighted by Crippen LogP contribution is 2.28. The summed E-state index contributed by atoms with van der Waals surface area (Å²) in [6, 6.07) is 8.19. The molecule has 0 aromatic heterocycles. The van der Waals surface area contributed by atoms with Gasteiger partial charge in [0.2, 0.25) is 5.91 Å². The molecular weight excluding hydrogens is 268 g/mol. The third-order valence-electron chi connectivity index (χ3n) is 3.89. The van der Waals surface area contributed by atoms with Crippen LogP contribution in [0.4, 0.5) is 0 Å². The first-order chi connectivity index (χ1) is 9.70.